The summed E-state index contributed by atoms with van der Waals surface area (Å²) in [6.07, 6.45) is 0.292. The van der Waals surface area contributed by atoms with Crippen LogP contribution in [-0.4, -0.2) is 23.9 Å². The van der Waals surface area contributed by atoms with Crippen LogP contribution < -0.4 is 10.2 Å². The number of anilines is 1. The Hall–Kier alpha value is -1.55. The molecule has 1 aliphatic heterocycles. The van der Waals surface area contributed by atoms with Gasteiger partial charge in [0.1, 0.15) is 5.54 Å². The van der Waals surface area contributed by atoms with Gasteiger partial charge in [0.05, 0.1) is 0 Å². The Morgan fingerprint density at radius 1 is 1.32 bits per heavy atom. The summed E-state index contributed by atoms with van der Waals surface area (Å²) < 4.78 is 0. The van der Waals surface area contributed by atoms with E-state index in [1.54, 1.807) is 24.8 Å². The molecule has 1 fully saturated rings. The second-order valence-corrected chi connectivity index (χ2v) is 5.72. The maximum absolute atomic E-state index is 12.5. The maximum atomic E-state index is 12.5. The fraction of sp³-hybridized carbons (Fsp3) is 0.429. The summed E-state index contributed by atoms with van der Waals surface area (Å²) in [5.41, 5.74) is 0.789. The number of rotatable bonds is 1. The number of carbonyl (C=O) groups excluding carboxylic acids is 2. The van der Waals surface area contributed by atoms with Crippen molar-refractivity contribution in [2.24, 2.45) is 0 Å². The van der Waals surface area contributed by atoms with Gasteiger partial charge in [-0.1, -0.05) is 17.7 Å². The summed E-state index contributed by atoms with van der Waals surface area (Å²) >= 11 is 6.10. The smallest absolute Gasteiger partial charge is 0.252 e. The van der Waals surface area contributed by atoms with E-state index in [4.69, 9.17) is 11.6 Å². The lowest BCUT2D eigenvalue weighted by Crippen LogP contribution is -2.53. The molecule has 1 aliphatic rings. The molecule has 1 heterocycles. The Kier molecular flexibility index (Phi) is 3.54. The zero-order valence-electron chi connectivity index (χ0n) is 11.3. The molecule has 0 unspecified atom stereocenters. The van der Waals surface area contributed by atoms with E-state index in [0.29, 0.717) is 18.0 Å². The number of amides is 2. The predicted octanol–water partition coefficient (Wildman–Crippen LogP) is 2.28. The fourth-order valence-corrected chi connectivity index (χ4v) is 2.29. The highest BCUT2D eigenvalue weighted by Gasteiger charge is 2.37. The number of hydrogen-bond acceptors (Lipinski definition) is 2. The third-order valence-corrected chi connectivity index (χ3v) is 3.67. The van der Waals surface area contributed by atoms with Gasteiger partial charge in [0.2, 0.25) is 5.91 Å². The van der Waals surface area contributed by atoms with E-state index < -0.39 is 5.54 Å². The van der Waals surface area contributed by atoms with E-state index in [0.717, 1.165) is 11.3 Å². The van der Waals surface area contributed by atoms with Crippen LogP contribution in [0.4, 0.5) is 5.69 Å². The molecule has 19 heavy (non-hydrogen) atoms. The van der Waals surface area contributed by atoms with Crippen molar-refractivity contribution in [3.05, 3.63) is 28.8 Å². The molecule has 2 rings (SSSR count). The zero-order valence-corrected chi connectivity index (χ0v) is 12.0. The molecule has 1 N–H and O–H groups in total. The molecule has 2 amide bonds. The first-order chi connectivity index (χ1) is 8.81. The lowest BCUT2D eigenvalue weighted by Gasteiger charge is -2.29. The van der Waals surface area contributed by atoms with E-state index in [1.807, 2.05) is 19.1 Å². The number of hydrogen-bond donors (Lipinski definition) is 1. The molecule has 102 valence electrons. The zero-order chi connectivity index (χ0) is 14.2. The summed E-state index contributed by atoms with van der Waals surface area (Å²) in [4.78, 5) is 25.7. The third kappa shape index (κ3) is 2.73. The summed E-state index contributed by atoms with van der Waals surface area (Å²) in [5, 5.41) is 3.35. The summed E-state index contributed by atoms with van der Waals surface area (Å²) in [6.45, 7) is 5.70. The highest BCUT2D eigenvalue weighted by molar-refractivity contribution is 6.31. The van der Waals surface area contributed by atoms with Crippen molar-refractivity contribution in [1.29, 1.82) is 0 Å². The van der Waals surface area contributed by atoms with Crippen LogP contribution in [0, 0.1) is 6.92 Å². The topological polar surface area (TPSA) is 49.4 Å². The van der Waals surface area contributed by atoms with Gasteiger partial charge >= 0.3 is 0 Å². The molecule has 5 heteroatoms. The van der Waals surface area contributed by atoms with Crippen LogP contribution in [0.15, 0.2) is 18.2 Å². The SMILES string of the molecule is Cc1ccc(N2CCC(=O)NC(C)(C)C2=O)cc1Cl. The van der Waals surface area contributed by atoms with Crippen molar-refractivity contribution in [3.8, 4) is 0 Å². The van der Waals surface area contributed by atoms with Crippen LogP contribution >= 0.6 is 11.6 Å². The number of nitrogens with zero attached hydrogens (tertiary/aromatic N) is 1. The van der Waals surface area contributed by atoms with Crippen LogP contribution in [-0.2, 0) is 9.59 Å². The lowest BCUT2D eigenvalue weighted by molar-refractivity contribution is -0.128. The summed E-state index contributed by atoms with van der Waals surface area (Å²) in [6, 6.07) is 5.49. The first kappa shape index (κ1) is 13.9. The quantitative estimate of drug-likeness (QED) is 0.858. The largest absolute Gasteiger partial charge is 0.342 e. The van der Waals surface area contributed by atoms with E-state index >= 15 is 0 Å². The Morgan fingerprint density at radius 2 is 2.00 bits per heavy atom. The Labute approximate surface area is 117 Å². The van der Waals surface area contributed by atoms with E-state index in [9.17, 15) is 9.59 Å². The van der Waals surface area contributed by atoms with Gasteiger partial charge in [-0.05, 0) is 38.5 Å². The van der Waals surface area contributed by atoms with Gasteiger partial charge in [0.25, 0.3) is 5.91 Å². The van der Waals surface area contributed by atoms with Gasteiger partial charge in [-0.25, -0.2) is 0 Å². The minimum Gasteiger partial charge on any atom is -0.342 e. The molecule has 4 nitrogen and oxygen atoms in total. The summed E-state index contributed by atoms with van der Waals surface area (Å²) in [5.74, 6) is -0.239. The molecule has 1 aromatic rings. The minimum absolute atomic E-state index is 0.112. The van der Waals surface area contributed by atoms with Gasteiger partial charge in [-0.15, -0.1) is 0 Å². The van der Waals surface area contributed by atoms with Crippen molar-refractivity contribution in [1.82, 2.24) is 5.32 Å². The van der Waals surface area contributed by atoms with Crippen LogP contribution in [0.3, 0.4) is 0 Å². The van der Waals surface area contributed by atoms with Crippen molar-refractivity contribution >= 4 is 29.1 Å². The van der Waals surface area contributed by atoms with Crippen molar-refractivity contribution in [3.63, 3.8) is 0 Å². The number of benzene rings is 1. The monoisotopic (exact) mass is 280 g/mol. The van der Waals surface area contributed by atoms with Gasteiger partial charge in [-0.2, -0.15) is 0 Å². The predicted molar refractivity (Wildman–Crippen MR) is 75.4 cm³/mol. The van der Waals surface area contributed by atoms with Crippen molar-refractivity contribution in [2.45, 2.75) is 32.7 Å². The fourth-order valence-electron chi connectivity index (χ4n) is 2.11. The van der Waals surface area contributed by atoms with Gasteiger partial charge < -0.3 is 10.2 Å². The second-order valence-electron chi connectivity index (χ2n) is 5.31. The molecule has 1 saturated heterocycles. The minimum atomic E-state index is -0.898. The number of nitrogens with one attached hydrogen (secondary N) is 1. The normalized spacial score (nSPS) is 19.1. The molecule has 0 bridgehead atoms. The molecule has 0 aliphatic carbocycles. The molecular formula is C14H17ClN2O2. The second kappa shape index (κ2) is 4.85. The molecule has 0 radical (unpaired) electrons. The maximum Gasteiger partial charge on any atom is 0.252 e. The van der Waals surface area contributed by atoms with Gasteiger partial charge in [0, 0.05) is 23.7 Å². The number of aryl methyl sites for hydroxylation is 1. The molecule has 0 aromatic heterocycles. The molecule has 0 atom stereocenters. The highest BCUT2D eigenvalue weighted by Crippen LogP contribution is 2.26. The van der Waals surface area contributed by atoms with Gasteiger partial charge in [-0.3, -0.25) is 9.59 Å². The standard InChI is InChI=1S/C14H17ClN2O2/c1-9-4-5-10(8-11(9)15)17-7-6-12(18)16-14(2,3)13(17)19/h4-5,8H,6-7H2,1-3H3,(H,16,18). The van der Waals surface area contributed by atoms with Crippen LogP contribution in [0.5, 0.6) is 0 Å². The van der Waals surface area contributed by atoms with Gasteiger partial charge in [0.15, 0.2) is 0 Å². The Bertz CT molecular complexity index is 540. The van der Waals surface area contributed by atoms with E-state index in [-0.39, 0.29) is 11.8 Å². The number of carbonyl (C=O) groups is 2. The third-order valence-electron chi connectivity index (χ3n) is 3.26. The Morgan fingerprint density at radius 3 is 2.63 bits per heavy atom. The van der Waals surface area contributed by atoms with Crippen LogP contribution in [0.2, 0.25) is 5.02 Å². The van der Waals surface area contributed by atoms with Crippen LogP contribution in [0.1, 0.15) is 25.8 Å². The van der Waals surface area contributed by atoms with E-state index in [2.05, 4.69) is 5.32 Å². The van der Waals surface area contributed by atoms with E-state index in [1.165, 1.54) is 0 Å². The van der Waals surface area contributed by atoms with Crippen LogP contribution in [0.25, 0.3) is 0 Å². The first-order valence-corrected chi connectivity index (χ1v) is 6.58. The molecule has 0 saturated carbocycles. The molecular weight excluding hydrogens is 264 g/mol. The average Bonchev–Trinajstić information content (AvgIpc) is 2.41. The molecule has 0 spiro atoms. The van der Waals surface area contributed by atoms with Crippen molar-refractivity contribution in [2.75, 3.05) is 11.4 Å². The van der Waals surface area contributed by atoms with Crippen molar-refractivity contribution < 1.29 is 9.59 Å². The average molecular weight is 281 g/mol. The Balaban J connectivity index is 2.39. The highest BCUT2D eigenvalue weighted by atomic mass is 35.5. The number of halogens is 1. The first-order valence-electron chi connectivity index (χ1n) is 6.20. The summed E-state index contributed by atoms with van der Waals surface area (Å²) in [7, 11) is 0. The molecule has 1 aromatic carbocycles. The lowest BCUT2D eigenvalue weighted by atomic mass is 10.0.